The van der Waals surface area contributed by atoms with Crippen LogP contribution in [0.4, 0.5) is 11.4 Å². The van der Waals surface area contributed by atoms with Crippen molar-refractivity contribution in [3.05, 3.63) is 23.2 Å². The highest BCUT2D eigenvalue weighted by Gasteiger charge is 2.06. The molecule has 0 spiro atoms. The molecule has 0 aliphatic carbocycles. The van der Waals surface area contributed by atoms with Gasteiger partial charge in [-0.2, -0.15) is 15.6 Å². The Bertz CT molecular complexity index is 596. The van der Waals surface area contributed by atoms with Crippen LogP contribution in [0.2, 0.25) is 5.02 Å². The zero-order valence-electron chi connectivity index (χ0n) is 10.8. The summed E-state index contributed by atoms with van der Waals surface area (Å²) in [4.78, 5) is 11.5. The van der Waals surface area contributed by atoms with Gasteiger partial charge in [0.25, 0.3) is 0 Å². The minimum absolute atomic E-state index is 0.107. The molecule has 1 aromatic carbocycles. The molecule has 0 aromatic heterocycles. The van der Waals surface area contributed by atoms with Crippen molar-refractivity contribution in [1.29, 1.82) is 10.5 Å². The lowest BCUT2D eigenvalue weighted by atomic mass is 10.2. The number of benzene rings is 1. The lowest BCUT2D eigenvalue weighted by Gasteiger charge is -2.08. The van der Waals surface area contributed by atoms with Gasteiger partial charge in [0.1, 0.15) is 12.1 Å². The molecule has 0 unspecified atom stereocenters. The van der Waals surface area contributed by atoms with Crippen LogP contribution in [0.3, 0.4) is 0 Å². The van der Waals surface area contributed by atoms with E-state index in [1.165, 1.54) is 0 Å². The van der Waals surface area contributed by atoms with Crippen LogP contribution in [-0.2, 0) is 4.79 Å². The van der Waals surface area contributed by atoms with Crippen molar-refractivity contribution < 1.29 is 4.79 Å². The number of hydrazone groups is 1. The van der Waals surface area contributed by atoms with Gasteiger partial charge in [-0.05, 0) is 24.6 Å². The topological polar surface area (TPSA) is 101 Å². The van der Waals surface area contributed by atoms with Crippen molar-refractivity contribution in [3.63, 3.8) is 0 Å². The second-order valence-corrected chi connectivity index (χ2v) is 4.20. The second-order valence-electron chi connectivity index (χ2n) is 3.79. The number of amides is 1. The number of anilines is 2. The zero-order valence-corrected chi connectivity index (χ0v) is 11.5. The number of carbonyl (C=O) groups excluding carboxylic acids is 1. The maximum absolute atomic E-state index is 11.5. The summed E-state index contributed by atoms with van der Waals surface area (Å²) in [5.41, 5.74) is 3.26. The van der Waals surface area contributed by atoms with Crippen LogP contribution in [-0.4, -0.2) is 11.6 Å². The molecule has 0 bridgehead atoms. The Kier molecular flexibility index (Phi) is 6.02. The molecule has 0 aliphatic rings. The van der Waals surface area contributed by atoms with E-state index in [0.717, 1.165) is 6.42 Å². The van der Waals surface area contributed by atoms with Crippen molar-refractivity contribution in [1.82, 2.24) is 0 Å². The third-order valence-corrected chi connectivity index (χ3v) is 2.54. The Morgan fingerprint density at radius 3 is 2.65 bits per heavy atom. The minimum Gasteiger partial charge on any atom is -0.325 e. The number of rotatable bonds is 5. The van der Waals surface area contributed by atoms with E-state index in [9.17, 15) is 4.79 Å². The summed E-state index contributed by atoms with van der Waals surface area (Å²) in [6, 6.07) is 8.04. The molecule has 20 heavy (non-hydrogen) atoms. The summed E-state index contributed by atoms with van der Waals surface area (Å²) in [6.45, 7) is 1.91. The monoisotopic (exact) mass is 289 g/mol. The van der Waals surface area contributed by atoms with Gasteiger partial charge in [-0.15, -0.1) is 0 Å². The van der Waals surface area contributed by atoms with Gasteiger partial charge in [0.15, 0.2) is 0 Å². The molecule has 0 fully saturated rings. The third-order valence-electron chi connectivity index (χ3n) is 2.23. The summed E-state index contributed by atoms with van der Waals surface area (Å²) in [5, 5.41) is 23.7. The van der Waals surface area contributed by atoms with Crippen molar-refractivity contribution in [2.24, 2.45) is 5.10 Å². The van der Waals surface area contributed by atoms with Gasteiger partial charge in [-0.25, -0.2) is 0 Å². The summed E-state index contributed by atoms with van der Waals surface area (Å²) in [6.07, 6.45) is 1.18. The van der Waals surface area contributed by atoms with Gasteiger partial charge in [-0.3, -0.25) is 10.2 Å². The van der Waals surface area contributed by atoms with E-state index >= 15 is 0 Å². The Labute approximate surface area is 121 Å². The molecule has 1 amide bonds. The molecular weight excluding hydrogens is 278 g/mol. The van der Waals surface area contributed by atoms with Crippen molar-refractivity contribution in [2.75, 3.05) is 10.7 Å². The number of hydrogen-bond donors (Lipinski definition) is 2. The van der Waals surface area contributed by atoms with Crippen LogP contribution in [0.1, 0.15) is 19.8 Å². The van der Waals surface area contributed by atoms with E-state index in [1.54, 1.807) is 30.3 Å². The van der Waals surface area contributed by atoms with E-state index in [2.05, 4.69) is 15.8 Å². The molecule has 0 heterocycles. The maximum atomic E-state index is 11.5. The van der Waals surface area contributed by atoms with E-state index in [0.29, 0.717) is 22.8 Å². The smallest absolute Gasteiger partial charge is 0.237 e. The largest absolute Gasteiger partial charge is 0.325 e. The van der Waals surface area contributed by atoms with Gasteiger partial charge in [0, 0.05) is 6.42 Å². The average molecular weight is 290 g/mol. The Balaban J connectivity index is 2.79. The molecule has 0 saturated carbocycles. The highest BCUT2D eigenvalue weighted by Crippen LogP contribution is 2.25. The minimum atomic E-state index is -0.290. The number of nitrogens with one attached hydrogen (secondary N) is 2. The highest BCUT2D eigenvalue weighted by atomic mass is 35.5. The normalized spacial score (nSPS) is 9.00. The first-order valence-corrected chi connectivity index (χ1v) is 6.21. The summed E-state index contributed by atoms with van der Waals surface area (Å²) >= 11 is 6.02. The predicted molar refractivity (Wildman–Crippen MR) is 77.3 cm³/mol. The maximum Gasteiger partial charge on any atom is 0.237 e. The average Bonchev–Trinajstić information content (AvgIpc) is 2.43. The van der Waals surface area contributed by atoms with Gasteiger partial charge in [0.05, 0.1) is 16.4 Å². The molecule has 102 valence electrons. The summed E-state index contributed by atoms with van der Waals surface area (Å²) in [7, 11) is 0. The number of nitrogens with zero attached hydrogens (tertiary/aromatic N) is 3. The first-order valence-electron chi connectivity index (χ1n) is 5.84. The van der Waals surface area contributed by atoms with E-state index in [1.807, 2.05) is 6.92 Å². The summed E-state index contributed by atoms with van der Waals surface area (Å²) < 4.78 is 0. The van der Waals surface area contributed by atoms with Gasteiger partial charge in [0.2, 0.25) is 11.6 Å². The Hall–Kier alpha value is -2.57. The SMILES string of the molecule is CCCC(=O)Nc1ccc(NN=C(C#N)C#N)cc1Cl. The van der Waals surface area contributed by atoms with Crippen LogP contribution in [0.25, 0.3) is 0 Å². The predicted octanol–water partition coefficient (Wildman–Crippen LogP) is 2.89. The molecule has 7 heteroatoms. The number of hydrogen-bond acceptors (Lipinski definition) is 5. The molecule has 2 N–H and O–H groups in total. The quantitative estimate of drug-likeness (QED) is 0.642. The second kappa shape index (κ2) is 7.78. The van der Waals surface area contributed by atoms with Crippen molar-refractivity contribution >= 4 is 34.6 Å². The molecular formula is C13H12ClN5O. The summed E-state index contributed by atoms with van der Waals surface area (Å²) in [5.74, 6) is -0.107. The molecule has 6 nitrogen and oxygen atoms in total. The first kappa shape index (κ1) is 15.5. The van der Waals surface area contributed by atoms with E-state index in [4.69, 9.17) is 22.1 Å². The van der Waals surface area contributed by atoms with Crippen molar-refractivity contribution in [2.45, 2.75) is 19.8 Å². The number of nitriles is 2. The van der Waals surface area contributed by atoms with Gasteiger partial charge < -0.3 is 5.32 Å². The van der Waals surface area contributed by atoms with Crippen molar-refractivity contribution in [3.8, 4) is 12.1 Å². The molecule has 1 rings (SSSR count). The lowest BCUT2D eigenvalue weighted by molar-refractivity contribution is -0.116. The third kappa shape index (κ3) is 4.60. The number of carbonyl (C=O) groups is 1. The molecule has 0 radical (unpaired) electrons. The fourth-order valence-corrected chi connectivity index (χ4v) is 1.55. The first-order chi connectivity index (χ1) is 9.60. The molecule has 1 aromatic rings. The van der Waals surface area contributed by atoms with Crippen LogP contribution in [0.15, 0.2) is 23.3 Å². The van der Waals surface area contributed by atoms with E-state index < -0.39 is 0 Å². The van der Waals surface area contributed by atoms with Gasteiger partial charge in [-0.1, -0.05) is 18.5 Å². The zero-order chi connectivity index (χ0) is 15.0. The standard InChI is InChI=1S/C13H12ClN5O/c1-2-3-13(20)17-12-5-4-9(6-11(12)14)18-19-10(7-15)8-16/h4-6,18H,2-3H2,1H3,(H,17,20). The Morgan fingerprint density at radius 2 is 2.10 bits per heavy atom. The van der Waals surface area contributed by atoms with Crippen LogP contribution < -0.4 is 10.7 Å². The number of halogens is 1. The van der Waals surface area contributed by atoms with Crippen LogP contribution in [0, 0.1) is 22.7 Å². The Morgan fingerprint density at radius 1 is 1.40 bits per heavy atom. The molecule has 0 aliphatic heterocycles. The van der Waals surface area contributed by atoms with E-state index in [-0.39, 0.29) is 11.6 Å². The highest BCUT2D eigenvalue weighted by molar-refractivity contribution is 6.34. The molecule has 0 saturated heterocycles. The lowest BCUT2D eigenvalue weighted by Crippen LogP contribution is -2.10. The van der Waals surface area contributed by atoms with Gasteiger partial charge >= 0.3 is 0 Å². The molecule has 0 atom stereocenters. The van der Waals surface area contributed by atoms with Crippen LogP contribution >= 0.6 is 11.6 Å². The fraction of sp³-hybridized carbons (Fsp3) is 0.231. The van der Waals surface area contributed by atoms with Crippen LogP contribution in [0.5, 0.6) is 0 Å². The fourth-order valence-electron chi connectivity index (χ4n) is 1.32.